The lowest BCUT2D eigenvalue weighted by Gasteiger charge is -2.30. The van der Waals surface area contributed by atoms with E-state index in [0.717, 1.165) is 29.8 Å². The SMILES string of the molecule is Cc1cccc(C#N)c1NCC1Cc2ccccc21. The van der Waals surface area contributed by atoms with Crippen LogP contribution in [0.1, 0.15) is 28.2 Å². The van der Waals surface area contributed by atoms with Crippen LogP contribution in [0.15, 0.2) is 42.5 Å². The van der Waals surface area contributed by atoms with Gasteiger partial charge < -0.3 is 5.32 Å². The summed E-state index contributed by atoms with van der Waals surface area (Å²) >= 11 is 0. The molecule has 2 heteroatoms. The van der Waals surface area contributed by atoms with Crippen LogP contribution in [0.5, 0.6) is 0 Å². The fourth-order valence-electron chi connectivity index (χ4n) is 2.77. The first-order valence-corrected chi connectivity index (χ1v) is 6.61. The van der Waals surface area contributed by atoms with E-state index in [2.05, 4.69) is 35.7 Å². The van der Waals surface area contributed by atoms with E-state index in [-0.39, 0.29) is 0 Å². The van der Waals surface area contributed by atoms with Gasteiger partial charge in [-0.2, -0.15) is 5.26 Å². The molecule has 0 radical (unpaired) electrons. The van der Waals surface area contributed by atoms with E-state index in [1.165, 1.54) is 11.1 Å². The van der Waals surface area contributed by atoms with Crippen molar-refractivity contribution < 1.29 is 0 Å². The molecule has 0 heterocycles. The first-order valence-electron chi connectivity index (χ1n) is 6.61. The van der Waals surface area contributed by atoms with E-state index >= 15 is 0 Å². The quantitative estimate of drug-likeness (QED) is 0.900. The molecule has 0 saturated heterocycles. The third kappa shape index (κ3) is 2.08. The zero-order valence-corrected chi connectivity index (χ0v) is 11.0. The van der Waals surface area contributed by atoms with E-state index in [9.17, 15) is 0 Å². The molecular weight excluding hydrogens is 232 g/mol. The molecule has 0 fully saturated rings. The lowest BCUT2D eigenvalue weighted by molar-refractivity contribution is 0.635. The molecule has 0 aliphatic heterocycles. The summed E-state index contributed by atoms with van der Waals surface area (Å²) in [6.07, 6.45) is 1.14. The van der Waals surface area contributed by atoms with Gasteiger partial charge in [-0.15, -0.1) is 0 Å². The topological polar surface area (TPSA) is 35.8 Å². The standard InChI is InChI=1S/C17H16N2/c1-12-5-4-7-14(10-18)17(12)19-11-15-9-13-6-2-3-8-16(13)15/h2-8,15,19H,9,11H2,1H3. The van der Waals surface area contributed by atoms with Crippen molar-refractivity contribution in [3.63, 3.8) is 0 Å². The number of rotatable bonds is 3. The zero-order chi connectivity index (χ0) is 13.2. The number of para-hydroxylation sites is 1. The molecule has 0 aromatic heterocycles. The average Bonchev–Trinajstić information content (AvgIpc) is 2.41. The highest BCUT2D eigenvalue weighted by molar-refractivity contribution is 5.62. The predicted molar refractivity (Wildman–Crippen MR) is 77.3 cm³/mol. The number of hydrogen-bond donors (Lipinski definition) is 1. The predicted octanol–water partition coefficient (Wildman–Crippen LogP) is 3.62. The van der Waals surface area contributed by atoms with Crippen molar-refractivity contribution in [1.82, 2.24) is 0 Å². The van der Waals surface area contributed by atoms with E-state index in [4.69, 9.17) is 5.26 Å². The maximum atomic E-state index is 9.15. The van der Waals surface area contributed by atoms with Crippen LogP contribution in [0.2, 0.25) is 0 Å². The fourth-order valence-corrected chi connectivity index (χ4v) is 2.77. The number of benzene rings is 2. The second kappa shape index (κ2) is 4.78. The van der Waals surface area contributed by atoms with Gasteiger partial charge in [0, 0.05) is 12.5 Å². The first-order chi connectivity index (χ1) is 9.29. The normalized spacial score (nSPS) is 16.1. The Morgan fingerprint density at radius 2 is 2.05 bits per heavy atom. The molecule has 2 nitrogen and oxygen atoms in total. The lowest BCUT2D eigenvalue weighted by atomic mass is 9.77. The van der Waals surface area contributed by atoms with Gasteiger partial charge in [0.1, 0.15) is 6.07 Å². The molecule has 19 heavy (non-hydrogen) atoms. The molecule has 1 atom stereocenters. The van der Waals surface area contributed by atoms with Crippen LogP contribution in [-0.4, -0.2) is 6.54 Å². The number of anilines is 1. The van der Waals surface area contributed by atoms with Gasteiger partial charge in [-0.3, -0.25) is 0 Å². The van der Waals surface area contributed by atoms with Crippen LogP contribution < -0.4 is 5.32 Å². The van der Waals surface area contributed by atoms with Gasteiger partial charge in [-0.05, 0) is 36.1 Å². The number of nitrogens with one attached hydrogen (secondary N) is 1. The Hall–Kier alpha value is -2.27. The number of nitriles is 1. The lowest BCUT2D eigenvalue weighted by Crippen LogP contribution is -2.24. The van der Waals surface area contributed by atoms with Gasteiger partial charge in [0.05, 0.1) is 11.3 Å². The Labute approximate surface area is 113 Å². The first kappa shape index (κ1) is 11.8. The zero-order valence-electron chi connectivity index (χ0n) is 11.0. The monoisotopic (exact) mass is 248 g/mol. The summed E-state index contributed by atoms with van der Waals surface area (Å²) in [5, 5.41) is 12.6. The maximum absolute atomic E-state index is 9.15. The number of aryl methyl sites for hydroxylation is 1. The molecule has 1 N–H and O–H groups in total. The second-order valence-electron chi connectivity index (χ2n) is 5.09. The van der Waals surface area contributed by atoms with Gasteiger partial charge in [0.15, 0.2) is 0 Å². The molecule has 94 valence electrons. The Kier molecular flexibility index (Phi) is 2.97. The molecule has 2 aromatic carbocycles. The smallest absolute Gasteiger partial charge is 0.101 e. The molecule has 0 spiro atoms. The van der Waals surface area contributed by atoms with Crippen LogP contribution in [0, 0.1) is 18.3 Å². The largest absolute Gasteiger partial charge is 0.383 e. The highest BCUT2D eigenvalue weighted by atomic mass is 14.9. The summed E-state index contributed by atoms with van der Waals surface area (Å²) < 4.78 is 0. The van der Waals surface area contributed by atoms with Gasteiger partial charge in [0.2, 0.25) is 0 Å². The van der Waals surface area contributed by atoms with Crippen LogP contribution in [-0.2, 0) is 6.42 Å². The minimum atomic E-state index is 0.572. The van der Waals surface area contributed by atoms with Crippen molar-refractivity contribution in [1.29, 1.82) is 5.26 Å². The fraction of sp³-hybridized carbons (Fsp3) is 0.235. The summed E-state index contributed by atoms with van der Waals surface area (Å²) in [4.78, 5) is 0. The van der Waals surface area contributed by atoms with Crippen LogP contribution >= 0.6 is 0 Å². The Morgan fingerprint density at radius 3 is 2.84 bits per heavy atom. The molecule has 1 aliphatic carbocycles. The molecule has 0 saturated carbocycles. The van der Waals surface area contributed by atoms with Crippen molar-refractivity contribution in [3.8, 4) is 6.07 Å². The minimum absolute atomic E-state index is 0.572. The van der Waals surface area contributed by atoms with Gasteiger partial charge >= 0.3 is 0 Å². The van der Waals surface area contributed by atoms with E-state index < -0.39 is 0 Å². The summed E-state index contributed by atoms with van der Waals surface area (Å²) in [7, 11) is 0. The maximum Gasteiger partial charge on any atom is 0.101 e. The summed E-state index contributed by atoms with van der Waals surface area (Å²) in [5.41, 5.74) is 5.75. The molecule has 1 unspecified atom stereocenters. The van der Waals surface area contributed by atoms with E-state index in [0.29, 0.717) is 5.92 Å². The Morgan fingerprint density at radius 1 is 1.21 bits per heavy atom. The Bertz CT molecular complexity index is 653. The highest BCUT2D eigenvalue weighted by Gasteiger charge is 2.25. The van der Waals surface area contributed by atoms with Crippen molar-refractivity contribution >= 4 is 5.69 Å². The number of nitrogens with zero attached hydrogens (tertiary/aromatic N) is 1. The Balaban J connectivity index is 1.74. The highest BCUT2D eigenvalue weighted by Crippen LogP contribution is 2.35. The van der Waals surface area contributed by atoms with E-state index in [1.807, 2.05) is 25.1 Å². The average molecular weight is 248 g/mol. The van der Waals surface area contributed by atoms with Crippen molar-refractivity contribution in [3.05, 3.63) is 64.7 Å². The van der Waals surface area contributed by atoms with Crippen molar-refractivity contribution in [2.24, 2.45) is 0 Å². The molecule has 3 rings (SSSR count). The van der Waals surface area contributed by atoms with E-state index in [1.54, 1.807) is 0 Å². The third-order valence-electron chi connectivity index (χ3n) is 3.88. The van der Waals surface area contributed by atoms with Crippen LogP contribution in [0.3, 0.4) is 0 Å². The summed E-state index contributed by atoms with van der Waals surface area (Å²) in [6.45, 7) is 2.94. The molecular formula is C17H16N2. The molecule has 2 aromatic rings. The van der Waals surface area contributed by atoms with Gasteiger partial charge in [-0.1, -0.05) is 36.4 Å². The van der Waals surface area contributed by atoms with Crippen LogP contribution in [0.4, 0.5) is 5.69 Å². The summed E-state index contributed by atoms with van der Waals surface area (Å²) in [6, 6.07) is 16.7. The third-order valence-corrected chi connectivity index (χ3v) is 3.88. The molecule has 0 amide bonds. The molecule has 0 bridgehead atoms. The molecule has 1 aliphatic rings. The minimum Gasteiger partial charge on any atom is -0.383 e. The number of fused-ring (bicyclic) bond motifs is 1. The summed E-state index contributed by atoms with van der Waals surface area (Å²) in [5.74, 6) is 0.572. The van der Waals surface area contributed by atoms with Crippen molar-refractivity contribution in [2.45, 2.75) is 19.3 Å². The van der Waals surface area contributed by atoms with Gasteiger partial charge in [0.25, 0.3) is 0 Å². The number of hydrogen-bond acceptors (Lipinski definition) is 2. The van der Waals surface area contributed by atoms with Crippen molar-refractivity contribution in [2.75, 3.05) is 11.9 Å². The van der Waals surface area contributed by atoms with Gasteiger partial charge in [-0.25, -0.2) is 0 Å². The second-order valence-corrected chi connectivity index (χ2v) is 5.09. The van der Waals surface area contributed by atoms with Crippen LogP contribution in [0.25, 0.3) is 0 Å².